The summed E-state index contributed by atoms with van der Waals surface area (Å²) in [4.78, 5) is 4.13. The quantitative estimate of drug-likeness (QED) is 0.775. The van der Waals surface area contributed by atoms with Crippen LogP contribution in [0.15, 0.2) is 42.7 Å². The second kappa shape index (κ2) is 5.39. The van der Waals surface area contributed by atoms with Crippen LogP contribution in [-0.2, 0) is 7.05 Å². The predicted octanol–water partition coefficient (Wildman–Crippen LogP) is 4.04. The molecule has 6 heteroatoms. The molecule has 2 aromatic heterocycles. The molecule has 0 atom stereocenters. The van der Waals surface area contributed by atoms with Crippen molar-refractivity contribution in [3.05, 3.63) is 52.8 Å². The fourth-order valence-corrected chi connectivity index (χ4v) is 2.70. The van der Waals surface area contributed by atoms with Gasteiger partial charge in [0.2, 0.25) is 0 Å². The number of anilines is 1. The average molecular weight is 319 g/mol. The Balaban J connectivity index is 2.27. The third kappa shape index (κ3) is 2.48. The maximum atomic E-state index is 6.31. The molecule has 2 heterocycles. The number of nitrogens with zero attached hydrogens (tertiary/aromatic N) is 3. The monoisotopic (exact) mass is 318 g/mol. The van der Waals surface area contributed by atoms with Gasteiger partial charge in [-0.25, -0.2) is 0 Å². The summed E-state index contributed by atoms with van der Waals surface area (Å²) in [6.07, 6.45) is 3.46. The van der Waals surface area contributed by atoms with Gasteiger partial charge in [-0.2, -0.15) is 5.10 Å². The van der Waals surface area contributed by atoms with Gasteiger partial charge < -0.3 is 5.73 Å². The lowest BCUT2D eigenvalue weighted by Gasteiger charge is -2.07. The first-order valence-electron chi connectivity index (χ1n) is 6.26. The Labute approximate surface area is 132 Å². The van der Waals surface area contributed by atoms with E-state index in [1.165, 1.54) is 0 Å². The Bertz CT molecular complexity index is 797. The van der Waals surface area contributed by atoms with Crippen LogP contribution in [0.4, 0.5) is 5.82 Å². The minimum atomic E-state index is 0.535. The van der Waals surface area contributed by atoms with Crippen LogP contribution in [0.5, 0.6) is 0 Å². The smallest absolute Gasteiger partial charge is 0.129 e. The fraction of sp³-hybridized carbons (Fsp3) is 0.0667. The summed E-state index contributed by atoms with van der Waals surface area (Å²) in [5.74, 6) is 0.540. The summed E-state index contributed by atoms with van der Waals surface area (Å²) in [6.45, 7) is 0. The molecule has 0 saturated heterocycles. The van der Waals surface area contributed by atoms with Gasteiger partial charge in [-0.3, -0.25) is 9.67 Å². The number of nitrogen functional groups attached to an aromatic ring is 1. The number of aryl methyl sites for hydroxylation is 1. The van der Waals surface area contributed by atoms with Crippen LogP contribution in [0.2, 0.25) is 10.0 Å². The van der Waals surface area contributed by atoms with Gasteiger partial charge in [-0.15, -0.1) is 0 Å². The maximum absolute atomic E-state index is 6.31. The third-order valence-corrected chi connectivity index (χ3v) is 3.77. The van der Waals surface area contributed by atoms with Gasteiger partial charge in [0.25, 0.3) is 0 Å². The lowest BCUT2D eigenvalue weighted by atomic mass is 10.0. The molecule has 1 aromatic carbocycles. The van der Waals surface area contributed by atoms with E-state index >= 15 is 0 Å². The first kappa shape index (κ1) is 13.9. The van der Waals surface area contributed by atoms with E-state index in [0.29, 0.717) is 15.9 Å². The molecule has 0 aliphatic heterocycles. The van der Waals surface area contributed by atoms with Crippen LogP contribution in [0.25, 0.3) is 22.4 Å². The molecule has 0 spiro atoms. The number of halogens is 2. The van der Waals surface area contributed by atoms with Crippen molar-refractivity contribution in [2.75, 3.05) is 5.73 Å². The molecule has 0 amide bonds. The molecule has 0 bridgehead atoms. The Morgan fingerprint density at radius 2 is 2.00 bits per heavy atom. The van der Waals surface area contributed by atoms with Crippen LogP contribution >= 0.6 is 23.2 Å². The molecule has 0 saturated carbocycles. The summed E-state index contributed by atoms with van der Waals surface area (Å²) >= 11 is 12.3. The Hall–Kier alpha value is -2.04. The van der Waals surface area contributed by atoms with E-state index in [1.807, 2.05) is 18.2 Å². The number of hydrogen-bond donors (Lipinski definition) is 1. The van der Waals surface area contributed by atoms with Gasteiger partial charge in [0, 0.05) is 35.6 Å². The van der Waals surface area contributed by atoms with Crippen molar-refractivity contribution in [2.45, 2.75) is 0 Å². The van der Waals surface area contributed by atoms with Crippen LogP contribution in [0.1, 0.15) is 0 Å². The van der Waals surface area contributed by atoms with Gasteiger partial charge in [-0.05, 0) is 24.3 Å². The topological polar surface area (TPSA) is 56.7 Å². The van der Waals surface area contributed by atoms with Crippen molar-refractivity contribution in [3.63, 3.8) is 0 Å². The predicted molar refractivity (Wildman–Crippen MR) is 86.3 cm³/mol. The highest BCUT2D eigenvalue weighted by atomic mass is 35.5. The second-order valence-corrected chi connectivity index (χ2v) is 5.44. The van der Waals surface area contributed by atoms with Gasteiger partial charge in [-0.1, -0.05) is 29.3 Å². The third-order valence-electron chi connectivity index (χ3n) is 3.23. The molecule has 0 radical (unpaired) electrons. The molecule has 0 aliphatic carbocycles. The van der Waals surface area contributed by atoms with Crippen LogP contribution < -0.4 is 5.73 Å². The van der Waals surface area contributed by atoms with E-state index in [0.717, 1.165) is 22.4 Å². The standard InChI is InChI=1S/C15H12Cl2N4/c1-21-15(18)13(11-5-4-10(16)7-12(11)17)14(20-21)9-3-2-6-19-8-9/h2-8H,18H2,1H3. The fourth-order valence-electron chi connectivity index (χ4n) is 2.20. The molecular weight excluding hydrogens is 307 g/mol. The number of nitrogens with two attached hydrogens (primary N) is 1. The maximum Gasteiger partial charge on any atom is 0.129 e. The first-order chi connectivity index (χ1) is 10.1. The summed E-state index contributed by atoms with van der Waals surface area (Å²) in [5.41, 5.74) is 9.37. The highest BCUT2D eigenvalue weighted by molar-refractivity contribution is 6.36. The van der Waals surface area contributed by atoms with E-state index in [4.69, 9.17) is 28.9 Å². The van der Waals surface area contributed by atoms with Crippen molar-refractivity contribution in [1.29, 1.82) is 0 Å². The molecule has 0 fully saturated rings. The SMILES string of the molecule is Cn1nc(-c2cccnc2)c(-c2ccc(Cl)cc2Cl)c1N. The van der Waals surface area contributed by atoms with Gasteiger partial charge >= 0.3 is 0 Å². The van der Waals surface area contributed by atoms with E-state index in [1.54, 1.807) is 36.3 Å². The number of rotatable bonds is 2. The van der Waals surface area contributed by atoms with E-state index in [2.05, 4.69) is 10.1 Å². The summed E-state index contributed by atoms with van der Waals surface area (Å²) < 4.78 is 1.63. The molecule has 3 rings (SSSR count). The highest BCUT2D eigenvalue weighted by Crippen LogP contribution is 2.39. The summed E-state index contributed by atoms with van der Waals surface area (Å²) in [6, 6.07) is 9.10. The van der Waals surface area contributed by atoms with E-state index in [-0.39, 0.29) is 0 Å². The lowest BCUT2D eigenvalue weighted by molar-refractivity contribution is 0.782. The highest BCUT2D eigenvalue weighted by Gasteiger charge is 2.19. The van der Waals surface area contributed by atoms with E-state index in [9.17, 15) is 0 Å². The Morgan fingerprint density at radius 1 is 1.19 bits per heavy atom. The van der Waals surface area contributed by atoms with Gasteiger partial charge in [0.15, 0.2) is 0 Å². The number of benzene rings is 1. The van der Waals surface area contributed by atoms with Crippen molar-refractivity contribution >= 4 is 29.0 Å². The average Bonchev–Trinajstić information content (AvgIpc) is 2.76. The van der Waals surface area contributed by atoms with Crippen molar-refractivity contribution in [3.8, 4) is 22.4 Å². The van der Waals surface area contributed by atoms with Gasteiger partial charge in [0.1, 0.15) is 11.5 Å². The normalized spacial score (nSPS) is 10.8. The van der Waals surface area contributed by atoms with E-state index < -0.39 is 0 Å². The molecule has 0 aliphatic rings. The number of pyridine rings is 1. The second-order valence-electron chi connectivity index (χ2n) is 4.60. The minimum absolute atomic E-state index is 0.535. The van der Waals surface area contributed by atoms with Crippen LogP contribution in [-0.4, -0.2) is 14.8 Å². The zero-order valence-electron chi connectivity index (χ0n) is 11.2. The van der Waals surface area contributed by atoms with Gasteiger partial charge in [0.05, 0.1) is 10.6 Å². The zero-order chi connectivity index (χ0) is 15.0. The molecule has 3 aromatic rings. The number of hydrogen-bond acceptors (Lipinski definition) is 3. The Morgan fingerprint density at radius 3 is 2.67 bits per heavy atom. The summed E-state index contributed by atoms with van der Waals surface area (Å²) in [5, 5.41) is 5.59. The molecule has 106 valence electrons. The lowest BCUT2D eigenvalue weighted by Crippen LogP contribution is -1.98. The number of aromatic nitrogens is 3. The van der Waals surface area contributed by atoms with Crippen LogP contribution in [0.3, 0.4) is 0 Å². The van der Waals surface area contributed by atoms with Crippen molar-refractivity contribution in [2.24, 2.45) is 7.05 Å². The van der Waals surface area contributed by atoms with Crippen LogP contribution in [0, 0.1) is 0 Å². The molecular formula is C15H12Cl2N4. The molecule has 0 unspecified atom stereocenters. The Kier molecular flexibility index (Phi) is 3.57. The molecule has 21 heavy (non-hydrogen) atoms. The van der Waals surface area contributed by atoms with Crippen molar-refractivity contribution in [1.82, 2.24) is 14.8 Å². The zero-order valence-corrected chi connectivity index (χ0v) is 12.7. The molecule has 4 nitrogen and oxygen atoms in total. The first-order valence-corrected chi connectivity index (χ1v) is 7.02. The summed E-state index contributed by atoms with van der Waals surface area (Å²) in [7, 11) is 1.79. The molecule has 2 N–H and O–H groups in total. The minimum Gasteiger partial charge on any atom is -0.383 e. The largest absolute Gasteiger partial charge is 0.383 e. The van der Waals surface area contributed by atoms with Crippen molar-refractivity contribution < 1.29 is 0 Å².